The number of carboxylic acids is 1. The molecule has 2 aromatic heterocycles. The van der Waals surface area contributed by atoms with Crippen LogP contribution in [0.5, 0.6) is 0 Å². The van der Waals surface area contributed by atoms with E-state index in [0.717, 1.165) is 0 Å². The van der Waals surface area contributed by atoms with Gasteiger partial charge in [0.2, 0.25) is 5.91 Å². The highest BCUT2D eigenvalue weighted by Gasteiger charge is 2.11. The number of nitrogens with zero attached hydrogens (tertiary/aromatic N) is 4. The summed E-state index contributed by atoms with van der Waals surface area (Å²) in [4.78, 5) is 35.2. The lowest BCUT2D eigenvalue weighted by atomic mass is 10.2. The van der Waals surface area contributed by atoms with Crippen LogP contribution in [0.2, 0.25) is 0 Å². The second-order valence-corrected chi connectivity index (χ2v) is 5.87. The summed E-state index contributed by atoms with van der Waals surface area (Å²) >= 11 is 0. The molecule has 2 heterocycles. The summed E-state index contributed by atoms with van der Waals surface area (Å²) in [6.45, 7) is 2.45. The first-order valence-corrected chi connectivity index (χ1v) is 8.45. The van der Waals surface area contributed by atoms with Crippen molar-refractivity contribution in [3.63, 3.8) is 0 Å². The van der Waals surface area contributed by atoms with Gasteiger partial charge in [0.25, 0.3) is 5.91 Å². The Morgan fingerprint density at radius 2 is 1.86 bits per heavy atom. The molecule has 0 fully saturated rings. The van der Waals surface area contributed by atoms with Gasteiger partial charge in [0.1, 0.15) is 6.54 Å². The lowest BCUT2D eigenvalue weighted by molar-refractivity contribution is -0.116. The van der Waals surface area contributed by atoms with Gasteiger partial charge in [-0.3, -0.25) is 19.0 Å². The number of amides is 2. The first-order chi connectivity index (χ1) is 13.4. The summed E-state index contributed by atoms with van der Waals surface area (Å²) in [7, 11) is 0. The molecule has 2 amide bonds. The Kier molecular flexibility index (Phi) is 5.49. The van der Waals surface area contributed by atoms with E-state index >= 15 is 0 Å². The van der Waals surface area contributed by atoms with Crippen molar-refractivity contribution >= 4 is 29.2 Å². The highest BCUT2D eigenvalue weighted by Crippen LogP contribution is 2.16. The molecular formula is C18H18N6O4. The molecule has 144 valence electrons. The minimum absolute atomic E-state index is 0.00280. The standard InChI is InChI=1S/C18H18N6O4/c1-2-23-7-6-15(22-23)17(26)21-14-5-3-4-13(8-14)20-16(25)11-24-10-12(9-19-24)18(27)28/h3-10H,2,11H2,1H3,(H,20,25)(H,21,26)(H,27,28). The first-order valence-electron chi connectivity index (χ1n) is 8.45. The monoisotopic (exact) mass is 382 g/mol. The van der Waals surface area contributed by atoms with E-state index in [1.807, 2.05) is 6.92 Å². The number of aromatic nitrogens is 4. The summed E-state index contributed by atoms with van der Waals surface area (Å²) in [5.41, 5.74) is 1.28. The molecule has 3 aromatic rings. The Balaban J connectivity index is 1.61. The van der Waals surface area contributed by atoms with Gasteiger partial charge in [-0.1, -0.05) is 6.07 Å². The average Bonchev–Trinajstić information content (AvgIpc) is 3.31. The van der Waals surface area contributed by atoms with Gasteiger partial charge in [-0.15, -0.1) is 0 Å². The van der Waals surface area contributed by atoms with Crippen LogP contribution in [0.1, 0.15) is 27.8 Å². The van der Waals surface area contributed by atoms with Gasteiger partial charge in [0.15, 0.2) is 5.69 Å². The van der Waals surface area contributed by atoms with Crippen LogP contribution in [0.25, 0.3) is 0 Å². The van der Waals surface area contributed by atoms with Gasteiger partial charge in [0, 0.05) is 30.3 Å². The summed E-state index contributed by atoms with van der Waals surface area (Å²) < 4.78 is 2.88. The SMILES string of the molecule is CCn1ccc(C(=O)Nc2cccc(NC(=O)Cn3cc(C(=O)O)cn3)c2)n1. The predicted molar refractivity (Wildman–Crippen MR) is 100 cm³/mol. The van der Waals surface area contributed by atoms with Crippen molar-refractivity contribution in [3.8, 4) is 0 Å². The zero-order valence-electron chi connectivity index (χ0n) is 15.0. The van der Waals surface area contributed by atoms with Crippen molar-refractivity contribution in [2.75, 3.05) is 10.6 Å². The molecule has 0 bridgehead atoms. The molecular weight excluding hydrogens is 364 g/mol. The summed E-state index contributed by atoms with van der Waals surface area (Å²) in [6, 6.07) is 8.28. The fourth-order valence-electron chi connectivity index (χ4n) is 2.44. The number of anilines is 2. The molecule has 10 nitrogen and oxygen atoms in total. The van der Waals surface area contributed by atoms with Crippen molar-refractivity contribution in [1.82, 2.24) is 19.6 Å². The zero-order valence-corrected chi connectivity index (χ0v) is 15.0. The number of carboxylic acid groups (broad SMARTS) is 1. The third-order valence-corrected chi connectivity index (χ3v) is 3.79. The number of carbonyl (C=O) groups excluding carboxylic acids is 2. The van der Waals surface area contributed by atoms with Crippen LogP contribution >= 0.6 is 0 Å². The van der Waals surface area contributed by atoms with E-state index in [-0.39, 0.29) is 23.9 Å². The fourth-order valence-corrected chi connectivity index (χ4v) is 2.44. The van der Waals surface area contributed by atoms with Crippen molar-refractivity contribution in [2.45, 2.75) is 20.0 Å². The molecule has 28 heavy (non-hydrogen) atoms. The summed E-state index contributed by atoms with van der Waals surface area (Å²) in [5.74, 6) is -1.85. The third-order valence-electron chi connectivity index (χ3n) is 3.79. The van der Waals surface area contributed by atoms with E-state index in [4.69, 9.17) is 5.11 Å². The van der Waals surface area contributed by atoms with Gasteiger partial charge < -0.3 is 15.7 Å². The number of rotatable bonds is 7. The molecule has 3 rings (SSSR count). The average molecular weight is 382 g/mol. The molecule has 10 heteroatoms. The van der Waals surface area contributed by atoms with Crippen LogP contribution in [0, 0.1) is 0 Å². The van der Waals surface area contributed by atoms with Crippen LogP contribution in [0.15, 0.2) is 48.9 Å². The highest BCUT2D eigenvalue weighted by atomic mass is 16.4. The van der Waals surface area contributed by atoms with E-state index in [2.05, 4.69) is 20.8 Å². The normalized spacial score (nSPS) is 10.5. The van der Waals surface area contributed by atoms with Gasteiger partial charge >= 0.3 is 5.97 Å². The van der Waals surface area contributed by atoms with E-state index in [9.17, 15) is 14.4 Å². The largest absolute Gasteiger partial charge is 0.478 e. The lowest BCUT2D eigenvalue weighted by Gasteiger charge is -2.08. The van der Waals surface area contributed by atoms with Crippen LogP contribution in [-0.4, -0.2) is 42.5 Å². The van der Waals surface area contributed by atoms with E-state index < -0.39 is 5.97 Å². The van der Waals surface area contributed by atoms with E-state index in [1.54, 1.807) is 41.2 Å². The summed E-state index contributed by atoms with van der Waals surface area (Å²) in [5, 5.41) is 22.2. The molecule has 0 saturated carbocycles. The maximum Gasteiger partial charge on any atom is 0.338 e. The first kappa shape index (κ1) is 18.8. The molecule has 0 unspecified atom stereocenters. The van der Waals surface area contributed by atoms with Gasteiger partial charge in [0.05, 0.1) is 11.8 Å². The minimum atomic E-state index is -1.11. The van der Waals surface area contributed by atoms with Crippen molar-refractivity contribution in [2.24, 2.45) is 0 Å². The number of carbonyl (C=O) groups is 3. The molecule has 0 aliphatic carbocycles. The van der Waals surface area contributed by atoms with Gasteiger partial charge in [-0.2, -0.15) is 10.2 Å². The smallest absolute Gasteiger partial charge is 0.338 e. The maximum absolute atomic E-state index is 12.2. The third kappa shape index (κ3) is 4.61. The van der Waals surface area contributed by atoms with Crippen LogP contribution in [0.4, 0.5) is 11.4 Å². The summed E-state index contributed by atoms with van der Waals surface area (Å²) in [6.07, 6.45) is 4.16. The molecule has 0 aliphatic rings. The van der Waals surface area contributed by atoms with Crippen molar-refractivity contribution in [3.05, 3.63) is 60.2 Å². The molecule has 3 N–H and O–H groups in total. The fraction of sp³-hybridized carbons (Fsp3) is 0.167. The Bertz CT molecular complexity index is 1020. The zero-order chi connectivity index (χ0) is 20.1. The van der Waals surface area contributed by atoms with Gasteiger partial charge in [-0.05, 0) is 31.2 Å². The molecule has 0 radical (unpaired) electrons. The Hall–Kier alpha value is -3.95. The quantitative estimate of drug-likeness (QED) is 0.570. The van der Waals surface area contributed by atoms with Gasteiger partial charge in [-0.25, -0.2) is 4.79 Å². The number of nitrogens with one attached hydrogen (secondary N) is 2. The number of hydrogen-bond donors (Lipinski definition) is 3. The lowest BCUT2D eigenvalue weighted by Crippen LogP contribution is -2.19. The second kappa shape index (κ2) is 8.16. The molecule has 0 atom stereocenters. The number of hydrogen-bond acceptors (Lipinski definition) is 5. The molecule has 0 saturated heterocycles. The maximum atomic E-state index is 12.2. The Morgan fingerprint density at radius 1 is 1.11 bits per heavy atom. The molecule has 1 aromatic carbocycles. The molecule has 0 spiro atoms. The molecule has 0 aliphatic heterocycles. The Morgan fingerprint density at radius 3 is 2.50 bits per heavy atom. The topological polar surface area (TPSA) is 131 Å². The number of aryl methyl sites for hydroxylation is 1. The highest BCUT2D eigenvalue weighted by molar-refractivity contribution is 6.03. The second-order valence-electron chi connectivity index (χ2n) is 5.87. The van der Waals surface area contributed by atoms with Crippen molar-refractivity contribution in [1.29, 1.82) is 0 Å². The van der Waals surface area contributed by atoms with Crippen LogP contribution in [-0.2, 0) is 17.9 Å². The minimum Gasteiger partial charge on any atom is -0.478 e. The predicted octanol–water partition coefficient (Wildman–Crippen LogP) is 1.69. The van der Waals surface area contributed by atoms with E-state index in [0.29, 0.717) is 23.6 Å². The van der Waals surface area contributed by atoms with Crippen molar-refractivity contribution < 1.29 is 19.5 Å². The van der Waals surface area contributed by atoms with E-state index in [1.165, 1.54) is 17.1 Å². The number of aromatic carboxylic acids is 1. The number of benzene rings is 1. The van der Waals surface area contributed by atoms with Crippen LogP contribution in [0.3, 0.4) is 0 Å². The van der Waals surface area contributed by atoms with Crippen LogP contribution < -0.4 is 10.6 Å². The Labute approximate surface area is 159 Å².